The second kappa shape index (κ2) is 8.10. The SMILES string of the molecule is CCC(C)(CNC1CC1)CN(CCO)CCOC. The zero-order valence-electron chi connectivity index (χ0n) is 12.2. The summed E-state index contributed by atoms with van der Waals surface area (Å²) in [5, 5.41) is 12.8. The van der Waals surface area contributed by atoms with Crippen molar-refractivity contribution in [2.45, 2.75) is 39.2 Å². The zero-order valence-corrected chi connectivity index (χ0v) is 12.2. The molecule has 0 bridgehead atoms. The maximum Gasteiger partial charge on any atom is 0.0589 e. The number of nitrogens with one attached hydrogen (secondary N) is 1. The monoisotopic (exact) mass is 258 g/mol. The Balaban J connectivity index is 2.38. The molecule has 4 nitrogen and oxygen atoms in total. The minimum absolute atomic E-state index is 0.222. The molecule has 1 aliphatic carbocycles. The van der Waals surface area contributed by atoms with E-state index in [1.807, 2.05) is 0 Å². The number of ether oxygens (including phenoxy) is 1. The molecule has 1 unspecified atom stereocenters. The van der Waals surface area contributed by atoms with Crippen LogP contribution in [0.25, 0.3) is 0 Å². The third-order valence-corrected chi connectivity index (χ3v) is 3.88. The molecule has 0 aromatic carbocycles. The van der Waals surface area contributed by atoms with Gasteiger partial charge < -0.3 is 15.2 Å². The molecular weight excluding hydrogens is 228 g/mol. The van der Waals surface area contributed by atoms with Gasteiger partial charge in [-0.05, 0) is 24.7 Å². The minimum Gasteiger partial charge on any atom is -0.395 e. The highest BCUT2D eigenvalue weighted by Crippen LogP contribution is 2.25. The lowest BCUT2D eigenvalue weighted by atomic mass is 9.86. The Morgan fingerprint density at radius 1 is 1.39 bits per heavy atom. The van der Waals surface area contributed by atoms with Crippen molar-refractivity contribution in [3.05, 3.63) is 0 Å². The number of methoxy groups -OCH3 is 1. The molecule has 0 aromatic rings. The summed E-state index contributed by atoms with van der Waals surface area (Å²) in [6.45, 7) is 9.27. The van der Waals surface area contributed by atoms with Crippen molar-refractivity contribution in [2.75, 3.05) is 46.5 Å². The first-order valence-corrected chi connectivity index (χ1v) is 7.19. The van der Waals surface area contributed by atoms with Gasteiger partial charge in [0.05, 0.1) is 13.2 Å². The molecule has 18 heavy (non-hydrogen) atoms. The third-order valence-electron chi connectivity index (χ3n) is 3.88. The Kier molecular flexibility index (Phi) is 7.15. The molecule has 1 fully saturated rings. The lowest BCUT2D eigenvalue weighted by molar-refractivity contribution is 0.0932. The van der Waals surface area contributed by atoms with E-state index in [4.69, 9.17) is 9.84 Å². The van der Waals surface area contributed by atoms with Crippen LogP contribution in [0, 0.1) is 5.41 Å². The van der Waals surface area contributed by atoms with Crippen LogP contribution < -0.4 is 5.32 Å². The van der Waals surface area contributed by atoms with Crippen molar-refractivity contribution in [2.24, 2.45) is 5.41 Å². The summed E-state index contributed by atoms with van der Waals surface area (Å²) in [4.78, 5) is 2.31. The van der Waals surface area contributed by atoms with Crippen molar-refractivity contribution in [3.8, 4) is 0 Å². The quantitative estimate of drug-likeness (QED) is 0.582. The van der Waals surface area contributed by atoms with Crippen molar-refractivity contribution in [1.29, 1.82) is 0 Å². The summed E-state index contributed by atoms with van der Waals surface area (Å²) in [5.74, 6) is 0. The topological polar surface area (TPSA) is 44.7 Å². The van der Waals surface area contributed by atoms with Gasteiger partial charge >= 0.3 is 0 Å². The van der Waals surface area contributed by atoms with Gasteiger partial charge in [0.1, 0.15) is 0 Å². The molecule has 0 aliphatic heterocycles. The van der Waals surface area contributed by atoms with Gasteiger partial charge in [0.2, 0.25) is 0 Å². The number of nitrogens with zero attached hydrogens (tertiary/aromatic N) is 1. The van der Waals surface area contributed by atoms with Crippen molar-refractivity contribution in [3.63, 3.8) is 0 Å². The Labute approximate surface area is 112 Å². The number of hydrogen-bond acceptors (Lipinski definition) is 4. The lowest BCUT2D eigenvalue weighted by Crippen LogP contribution is -2.44. The van der Waals surface area contributed by atoms with E-state index < -0.39 is 0 Å². The fraction of sp³-hybridized carbons (Fsp3) is 1.00. The molecule has 0 saturated heterocycles. The van der Waals surface area contributed by atoms with E-state index in [0.29, 0.717) is 0 Å². The van der Waals surface area contributed by atoms with E-state index in [1.165, 1.54) is 12.8 Å². The minimum atomic E-state index is 0.222. The van der Waals surface area contributed by atoms with Gasteiger partial charge in [0.25, 0.3) is 0 Å². The summed E-state index contributed by atoms with van der Waals surface area (Å²) in [5.41, 5.74) is 0.283. The smallest absolute Gasteiger partial charge is 0.0589 e. The van der Waals surface area contributed by atoms with Gasteiger partial charge in [-0.2, -0.15) is 0 Å². The number of rotatable bonds is 11. The van der Waals surface area contributed by atoms with Crippen molar-refractivity contribution >= 4 is 0 Å². The lowest BCUT2D eigenvalue weighted by Gasteiger charge is -2.35. The highest BCUT2D eigenvalue weighted by atomic mass is 16.5. The van der Waals surface area contributed by atoms with Gasteiger partial charge in [-0.25, -0.2) is 0 Å². The molecule has 2 N–H and O–H groups in total. The molecule has 1 saturated carbocycles. The predicted molar refractivity (Wildman–Crippen MR) is 74.8 cm³/mol. The van der Waals surface area contributed by atoms with Gasteiger partial charge in [-0.15, -0.1) is 0 Å². The van der Waals surface area contributed by atoms with Crippen LogP contribution in [0.1, 0.15) is 33.1 Å². The Morgan fingerprint density at radius 3 is 2.61 bits per heavy atom. The first-order valence-electron chi connectivity index (χ1n) is 7.19. The molecule has 4 heteroatoms. The van der Waals surface area contributed by atoms with Gasteiger partial charge in [-0.3, -0.25) is 4.90 Å². The molecule has 0 spiro atoms. The molecule has 1 aliphatic rings. The molecule has 1 atom stereocenters. The average molecular weight is 258 g/mol. The fourth-order valence-corrected chi connectivity index (χ4v) is 2.14. The summed E-state index contributed by atoms with van der Waals surface area (Å²) < 4.78 is 5.14. The van der Waals surface area contributed by atoms with Crippen LogP contribution >= 0.6 is 0 Å². The Bertz CT molecular complexity index is 222. The molecule has 0 radical (unpaired) electrons. The average Bonchev–Trinajstić information content (AvgIpc) is 3.18. The summed E-state index contributed by atoms with van der Waals surface area (Å²) in [7, 11) is 1.73. The molecular formula is C14H30N2O2. The van der Waals surface area contributed by atoms with Crippen molar-refractivity contribution < 1.29 is 9.84 Å². The van der Waals surface area contributed by atoms with E-state index in [9.17, 15) is 0 Å². The van der Waals surface area contributed by atoms with Crippen molar-refractivity contribution in [1.82, 2.24) is 10.2 Å². The normalized spacial score (nSPS) is 19.2. The summed E-state index contributed by atoms with van der Waals surface area (Å²) in [6.07, 6.45) is 3.83. The zero-order chi connectivity index (χ0) is 13.4. The largest absolute Gasteiger partial charge is 0.395 e. The van der Waals surface area contributed by atoms with E-state index in [2.05, 4.69) is 24.1 Å². The summed E-state index contributed by atoms with van der Waals surface area (Å²) in [6, 6.07) is 0.765. The maximum absolute atomic E-state index is 9.14. The van der Waals surface area contributed by atoms with Crippen LogP contribution in [0.5, 0.6) is 0 Å². The van der Waals surface area contributed by atoms with Crippen LogP contribution in [0.15, 0.2) is 0 Å². The molecule has 0 aromatic heterocycles. The molecule has 0 heterocycles. The molecule has 0 amide bonds. The van der Waals surface area contributed by atoms with E-state index >= 15 is 0 Å². The van der Waals surface area contributed by atoms with Gasteiger partial charge in [0.15, 0.2) is 0 Å². The predicted octanol–water partition coefficient (Wildman–Crippen LogP) is 1.10. The van der Waals surface area contributed by atoms with Gasteiger partial charge in [0, 0.05) is 39.3 Å². The second-order valence-electron chi connectivity index (χ2n) is 5.81. The van der Waals surface area contributed by atoms with Crippen LogP contribution in [-0.4, -0.2) is 62.6 Å². The molecule has 108 valence electrons. The Morgan fingerprint density at radius 2 is 2.11 bits per heavy atom. The first-order chi connectivity index (χ1) is 8.63. The number of hydrogen-bond donors (Lipinski definition) is 2. The van der Waals surface area contributed by atoms with Crippen LogP contribution in [0.3, 0.4) is 0 Å². The fourth-order valence-electron chi connectivity index (χ4n) is 2.14. The first kappa shape index (κ1) is 15.9. The van der Waals surface area contributed by atoms with Crippen LogP contribution in [0.2, 0.25) is 0 Å². The number of aliphatic hydroxyl groups excluding tert-OH is 1. The standard InChI is InChI=1S/C14H30N2O2/c1-4-14(2,11-15-13-5-6-13)12-16(7-9-17)8-10-18-3/h13,15,17H,4-12H2,1-3H3. The van der Waals surface area contributed by atoms with Crippen LogP contribution in [0.4, 0.5) is 0 Å². The van der Waals surface area contributed by atoms with Gasteiger partial charge in [-0.1, -0.05) is 13.8 Å². The third kappa shape index (κ3) is 6.14. The molecule has 1 rings (SSSR count). The Hall–Kier alpha value is -0.160. The number of aliphatic hydroxyl groups is 1. The maximum atomic E-state index is 9.14. The second-order valence-corrected chi connectivity index (χ2v) is 5.81. The highest BCUT2D eigenvalue weighted by molar-refractivity contribution is 4.86. The van der Waals surface area contributed by atoms with E-state index in [-0.39, 0.29) is 12.0 Å². The van der Waals surface area contributed by atoms with Crippen LogP contribution in [-0.2, 0) is 4.74 Å². The summed E-state index contributed by atoms with van der Waals surface area (Å²) >= 11 is 0. The highest BCUT2D eigenvalue weighted by Gasteiger charge is 2.28. The van der Waals surface area contributed by atoms with E-state index in [1.54, 1.807) is 7.11 Å². The van der Waals surface area contributed by atoms with E-state index in [0.717, 1.165) is 45.2 Å².